The lowest BCUT2D eigenvalue weighted by molar-refractivity contribution is -0.133. The third kappa shape index (κ3) is 4.26. The molecule has 29 heavy (non-hydrogen) atoms. The van der Waals surface area contributed by atoms with Crippen LogP contribution < -0.4 is 0 Å². The molecule has 2 bridgehead atoms. The van der Waals surface area contributed by atoms with Crippen LogP contribution in [0, 0.1) is 11.6 Å². The smallest absolute Gasteiger partial charge is 0.410 e. The number of hydrogen-bond acceptors (Lipinski definition) is 4. The summed E-state index contributed by atoms with van der Waals surface area (Å²) in [5, 5.41) is 11.1. The van der Waals surface area contributed by atoms with Crippen molar-refractivity contribution in [1.29, 1.82) is 0 Å². The minimum atomic E-state index is -1.25. The van der Waals surface area contributed by atoms with Gasteiger partial charge < -0.3 is 14.6 Å². The van der Waals surface area contributed by atoms with Gasteiger partial charge in [-0.2, -0.15) is 0 Å². The molecule has 0 aromatic heterocycles. The van der Waals surface area contributed by atoms with Gasteiger partial charge in [0, 0.05) is 6.42 Å². The maximum absolute atomic E-state index is 14.1. The van der Waals surface area contributed by atoms with Gasteiger partial charge in [0.2, 0.25) is 0 Å². The maximum atomic E-state index is 14.1. The van der Waals surface area contributed by atoms with E-state index in [1.165, 1.54) is 12.1 Å². The highest BCUT2D eigenvalue weighted by Gasteiger charge is 2.48. The first kappa shape index (κ1) is 19.8. The highest BCUT2D eigenvalue weighted by Crippen LogP contribution is 2.37. The lowest BCUT2D eigenvalue weighted by Gasteiger charge is -2.51. The first-order valence-electron chi connectivity index (χ1n) is 9.67. The summed E-state index contributed by atoms with van der Waals surface area (Å²) < 4.78 is 38.7. The van der Waals surface area contributed by atoms with Gasteiger partial charge >= 0.3 is 6.09 Å². The number of piperidine rings is 1. The van der Waals surface area contributed by atoms with Crippen molar-refractivity contribution in [3.8, 4) is 0 Å². The highest BCUT2D eigenvalue weighted by molar-refractivity contribution is 5.69. The molecule has 0 saturated carbocycles. The van der Waals surface area contributed by atoms with Crippen molar-refractivity contribution in [2.45, 2.75) is 43.6 Å². The average Bonchev–Trinajstić information content (AvgIpc) is 2.70. The van der Waals surface area contributed by atoms with Crippen molar-refractivity contribution in [3.63, 3.8) is 0 Å². The topological polar surface area (TPSA) is 59.0 Å². The normalized spacial score (nSPS) is 26.2. The van der Waals surface area contributed by atoms with Crippen LogP contribution in [0.3, 0.4) is 0 Å². The molecule has 0 radical (unpaired) electrons. The summed E-state index contributed by atoms with van der Waals surface area (Å²) >= 11 is 0. The van der Waals surface area contributed by atoms with Crippen LogP contribution in [-0.2, 0) is 22.5 Å². The fourth-order valence-electron chi connectivity index (χ4n) is 4.35. The molecule has 154 valence electrons. The van der Waals surface area contributed by atoms with Crippen LogP contribution in [0.25, 0.3) is 0 Å². The minimum absolute atomic E-state index is 0.0174. The molecule has 2 aromatic rings. The molecule has 7 heteroatoms. The Morgan fingerprint density at radius 2 is 1.79 bits per heavy atom. The molecule has 2 saturated heterocycles. The Bertz CT molecular complexity index is 862. The van der Waals surface area contributed by atoms with Crippen molar-refractivity contribution < 1.29 is 28.2 Å². The van der Waals surface area contributed by atoms with E-state index in [0.29, 0.717) is 0 Å². The van der Waals surface area contributed by atoms with Crippen molar-refractivity contribution >= 4 is 6.09 Å². The molecule has 0 spiro atoms. The van der Waals surface area contributed by atoms with E-state index in [-0.39, 0.29) is 56.7 Å². The van der Waals surface area contributed by atoms with Gasteiger partial charge in [-0.1, -0.05) is 42.5 Å². The number of aliphatic hydroxyl groups is 1. The number of nitrogens with zero attached hydrogens (tertiary/aromatic N) is 1. The van der Waals surface area contributed by atoms with E-state index >= 15 is 0 Å². The zero-order chi connectivity index (χ0) is 20.4. The number of rotatable bonds is 4. The molecule has 5 nitrogen and oxygen atoms in total. The standard InChI is InChI=1S/C22H23F2NO4/c23-19-8-4-7-16(20(19)24)9-22(27)10-17-13-28-14-18(11-22)25(17)21(26)29-12-15-5-2-1-3-6-15/h1-8,17-18,27H,9-14H2. The van der Waals surface area contributed by atoms with Gasteiger partial charge in [-0.05, 0) is 30.0 Å². The predicted molar refractivity (Wildman–Crippen MR) is 101 cm³/mol. The van der Waals surface area contributed by atoms with Gasteiger partial charge in [-0.3, -0.25) is 4.90 Å². The number of carbonyl (C=O) groups excluding carboxylic acids is 1. The highest BCUT2D eigenvalue weighted by atomic mass is 19.2. The second-order valence-electron chi connectivity index (χ2n) is 7.81. The monoisotopic (exact) mass is 403 g/mol. The van der Waals surface area contributed by atoms with E-state index in [1.807, 2.05) is 30.3 Å². The van der Waals surface area contributed by atoms with Crippen LogP contribution in [0.1, 0.15) is 24.0 Å². The Labute approximate surface area is 167 Å². The molecule has 2 unspecified atom stereocenters. The molecule has 0 aliphatic carbocycles. The SMILES string of the molecule is O=C(OCc1ccccc1)N1C2COCC1CC(O)(Cc1cccc(F)c1F)C2. The molecule has 2 fully saturated rings. The summed E-state index contributed by atoms with van der Waals surface area (Å²) in [5.41, 5.74) is -0.229. The second kappa shape index (κ2) is 8.08. The molecular formula is C22H23F2NO4. The second-order valence-corrected chi connectivity index (χ2v) is 7.81. The first-order chi connectivity index (χ1) is 14.0. The van der Waals surface area contributed by atoms with E-state index in [0.717, 1.165) is 11.6 Å². The maximum Gasteiger partial charge on any atom is 0.410 e. The molecule has 2 aromatic carbocycles. The van der Waals surface area contributed by atoms with E-state index in [1.54, 1.807) is 4.90 Å². The van der Waals surface area contributed by atoms with Gasteiger partial charge in [0.1, 0.15) is 6.61 Å². The lowest BCUT2D eigenvalue weighted by Crippen LogP contribution is -2.64. The predicted octanol–water partition coefficient (Wildman–Crippen LogP) is 3.44. The van der Waals surface area contributed by atoms with Crippen LogP contribution in [0.15, 0.2) is 48.5 Å². The third-order valence-corrected chi connectivity index (χ3v) is 5.61. The van der Waals surface area contributed by atoms with E-state index in [9.17, 15) is 18.7 Å². The fourth-order valence-corrected chi connectivity index (χ4v) is 4.35. The zero-order valence-corrected chi connectivity index (χ0v) is 15.9. The fraction of sp³-hybridized carbons (Fsp3) is 0.409. The Morgan fingerprint density at radius 1 is 1.10 bits per heavy atom. The number of morpholine rings is 1. The molecule has 4 rings (SSSR count). The summed E-state index contributed by atoms with van der Waals surface area (Å²) in [5.74, 6) is -1.87. The molecule has 2 atom stereocenters. The van der Waals surface area contributed by atoms with Gasteiger partial charge in [-0.15, -0.1) is 0 Å². The number of carbonyl (C=O) groups is 1. The van der Waals surface area contributed by atoms with Crippen molar-refractivity contribution in [2.24, 2.45) is 0 Å². The summed E-state index contributed by atoms with van der Waals surface area (Å²) in [6.07, 6.45) is -0.0536. The molecule has 1 amide bonds. The molecule has 2 aliphatic rings. The minimum Gasteiger partial charge on any atom is -0.445 e. The zero-order valence-electron chi connectivity index (χ0n) is 15.9. The van der Waals surface area contributed by atoms with Gasteiger partial charge in [-0.25, -0.2) is 13.6 Å². The summed E-state index contributed by atoms with van der Waals surface area (Å²) in [4.78, 5) is 14.3. The van der Waals surface area contributed by atoms with Crippen LogP contribution in [0.2, 0.25) is 0 Å². The largest absolute Gasteiger partial charge is 0.445 e. The van der Waals surface area contributed by atoms with Crippen LogP contribution in [0.4, 0.5) is 13.6 Å². The number of ether oxygens (including phenoxy) is 2. The Kier molecular flexibility index (Phi) is 5.52. The van der Waals surface area contributed by atoms with Gasteiger partial charge in [0.05, 0.1) is 30.9 Å². The summed E-state index contributed by atoms with van der Waals surface area (Å²) in [6.45, 7) is 0.699. The summed E-state index contributed by atoms with van der Waals surface area (Å²) in [7, 11) is 0. The number of hydrogen-bond donors (Lipinski definition) is 1. The number of fused-ring (bicyclic) bond motifs is 2. The Balaban J connectivity index is 1.45. The quantitative estimate of drug-likeness (QED) is 0.850. The van der Waals surface area contributed by atoms with Crippen molar-refractivity contribution in [1.82, 2.24) is 4.90 Å². The number of halogens is 2. The van der Waals surface area contributed by atoms with E-state index < -0.39 is 23.3 Å². The Hall–Kier alpha value is -2.51. The van der Waals surface area contributed by atoms with E-state index in [4.69, 9.17) is 9.47 Å². The van der Waals surface area contributed by atoms with Gasteiger partial charge in [0.25, 0.3) is 0 Å². The van der Waals surface area contributed by atoms with Crippen molar-refractivity contribution in [2.75, 3.05) is 13.2 Å². The average molecular weight is 403 g/mol. The van der Waals surface area contributed by atoms with Gasteiger partial charge in [0.15, 0.2) is 11.6 Å². The molecule has 1 N–H and O–H groups in total. The number of benzene rings is 2. The number of amides is 1. The lowest BCUT2D eigenvalue weighted by atomic mass is 9.77. The first-order valence-corrected chi connectivity index (χ1v) is 9.67. The Morgan fingerprint density at radius 3 is 2.48 bits per heavy atom. The summed E-state index contributed by atoms with van der Waals surface area (Å²) in [6, 6.07) is 12.6. The van der Waals surface area contributed by atoms with Crippen molar-refractivity contribution in [3.05, 3.63) is 71.3 Å². The van der Waals surface area contributed by atoms with Crippen LogP contribution in [-0.4, -0.2) is 47.0 Å². The molecule has 2 heterocycles. The molecular weight excluding hydrogens is 380 g/mol. The van der Waals surface area contributed by atoms with Crippen LogP contribution in [0.5, 0.6) is 0 Å². The van der Waals surface area contributed by atoms with E-state index in [2.05, 4.69) is 0 Å². The third-order valence-electron chi connectivity index (χ3n) is 5.61. The van der Waals surface area contributed by atoms with Crippen LogP contribution >= 0.6 is 0 Å². The molecule has 2 aliphatic heterocycles.